The average molecular weight is 348 g/mol. The van der Waals surface area contributed by atoms with Crippen LogP contribution in [-0.2, 0) is 11.2 Å². The summed E-state index contributed by atoms with van der Waals surface area (Å²) in [4.78, 5) is 11.8. The van der Waals surface area contributed by atoms with E-state index in [0.717, 1.165) is 15.6 Å². The topological polar surface area (TPSA) is 49.3 Å². The van der Waals surface area contributed by atoms with Crippen molar-refractivity contribution < 1.29 is 9.90 Å². The molecule has 4 heteroatoms. The lowest BCUT2D eigenvalue weighted by molar-refractivity contribution is -0.121. The zero-order chi connectivity index (χ0) is 15.1. The second-order valence-corrected chi connectivity index (χ2v) is 5.68. The van der Waals surface area contributed by atoms with E-state index < -0.39 is 6.10 Å². The summed E-state index contributed by atoms with van der Waals surface area (Å²) in [5.74, 6) is -0.0549. The van der Waals surface area contributed by atoms with E-state index in [1.807, 2.05) is 54.6 Å². The number of hydrogen-bond acceptors (Lipinski definition) is 2. The normalized spacial score (nSPS) is 11.9. The van der Waals surface area contributed by atoms with Gasteiger partial charge >= 0.3 is 0 Å². The van der Waals surface area contributed by atoms with Gasteiger partial charge in [-0.05, 0) is 23.6 Å². The Balaban J connectivity index is 1.76. The highest BCUT2D eigenvalue weighted by atomic mass is 79.9. The lowest BCUT2D eigenvalue weighted by Crippen LogP contribution is -2.28. The molecule has 1 atom stereocenters. The zero-order valence-electron chi connectivity index (χ0n) is 11.6. The van der Waals surface area contributed by atoms with Gasteiger partial charge in [0.2, 0.25) is 5.91 Å². The second-order valence-electron chi connectivity index (χ2n) is 4.82. The van der Waals surface area contributed by atoms with Gasteiger partial charge in [-0.25, -0.2) is 0 Å². The van der Waals surface area contributed by atoms with Crippen LogP contribution in [0.2, 0.25) is 0 Å². The third-order valence-corrected chi connectivity index (χ3v) is 4.03. The predicted octanol–water partition coefficient (Wildman–Crippen LogP) is 3.23. The van der Waals surface area contributed by atoms with Crippen LogP contribution in [0.4, 0.5) is 0 Å². The van der Waals surface area contributed by atoms with Crippen molar-refractivity contribution in [2.24, 2.45) is 0 Å². The molecule has 0 radical (unpaired) electrons. The highest BCUT2D eigenvalue weighted by Crippen LogP contribution is 2.17. The number of aryl methyl sites for hydroxylation is 1. The van der Waals surface area contributed by atoms with Gasteiger partial charge in [-0.1, -0.05) is 64.5 Å². The summed E-state index contributed by atoms with van der Waals surface area (Å²) in [6, 6.07) is 17.2. The molecule has 0 fully saturated rings. The van der Waals surface area contributed by atoms with Crippen LogP contribution in [-0.4, -0.2) is 17.6 Å². The van der Waals surface area contributed by atoms with Crippen molar-refractivity contribution in [2.75, 3.05) is 6.54 Å². The van der Waals surface area contributed by atoms with Gasteiger partial charge in [-0.2, -0.15) is 0 Å². The minimum Gasteiger partial charge on any atom is -0.387 e. The first kappa shape index (κ1) is 15.7. The summed E-state index contributed by atoms with van der Waals surface area (Å²) in [5, 5.41) is 12.7. The number of carbonyl (C=O) groups excluding carboxylic acids is 1. The van der Waals surface area contributed by atoms with Crippen LogP contribution in [0.25, 0.3) is 0 Å². The second kappa shape index (κ2) is 7.96. The maximum atomic E-state index is 11.8. The first-order valence-corrected chi connectivity index (χ1v) is 7.69. The molecule has 2 rings (SSSR count). The molecule has 0 aliphatic heterocycles. The monoisotopic (exact) mass is 347 g/mol. The summed E-state index contributed by atoms with van der Waals surface area (Å²) in [7, 11) is 0. The minimum atomic E-state index is -0.668. The Kier molecular flexibility index (Phi) is 5.96. The molecule has 0 aromatic heterocycles. The lowest BCUT2D eigenvalue weighted by atomic mass is 10.1. The Morgan fingerprint density at radius 1 is 1.10 bits per heavy atom. The SMILES string of the molecule is O=C(CCc1ccccc1Br)NC[C@@H](O)c1ccccc1. The van der Waals surface area contributed by atoms with Crippen LogP contribution >= 0.6 is 15.9 Å². The largest absolute Gasteiger partial charge is 0.387 e. The molecule has 21 heavy (non-hydrogen) atoms. The molecular weight excluding hydrogens is 330 g/mol. The standard InChI is InChI=1S/C17H18BrNO2/c18-15-9-5-4-6-13(15)10-11-17(21)19-12-16(20)14-7-2-1-3-8-14/h1-9,16,20H,10-12H2,(H,19,21)/t16-/m1/s1. The molecule has 0 bridgehead atoms. The number of amides is 1. The van der Waals surface area contributed by atoms with Gasteiger partial charge in [-0.3, -0.25) is 4.79 Å². The first-order valence-electron chi connectivity index (χ1n) is 6.90. The third kappa shape index (κ3) is 4.99. The van der Waals surface area contributed by atoms with Crippen molar-refractivity contribution in [2.45, 2.75) is 18.9 Å². The molecule has 2 aromatic carbocycles. The third-order valence-electron chi connectivity index (χ3n) is 3.26. The van der Waals surface area contributed by atoms with Crippen molar-refractivity contribution in [1.29, 1.82) is 0 Å². The van der Waals surface area contributed by atoms with E-state index in [0.29, 0.717) is 12.8 Å². The Morgan fingerprint density at radius 3 is 2.48 bits per heavy atom. The molecule has 0 spiro atoms. The van der Waals surface area contributed by atoms with Gasteiger partial charge < -0.3 is 10.4 Å². The predicted molar refractivity (Wildman–Crippen MR) is 86.9 cm³/mol. The fourth-order valence-electron chi connectivity index (χ4n) is 2.04. The van der Waals surface area contributed by atoms with E-state index in [-0.39, 0.29) is 12.5 Å². The lowest BCUT2D eigenvalue weighted by Gasteiger charge is -2.12. The van der Waals surface area contributed by atoms with Crippen LogP contribution < -0.4 is 5.32 Å². The number of benzene rings is 2. The molecule has 0 saturated carbocycles. The quantitative estimate of drug-likeness (QED) is 0.842. The van der Waals surface area contributed by atoms with Crippen LogP contribution in [0, 0.1) is 0 Å². The number of hydrogen-bond donors (Lipinski definition) is 2. The van der Waals surface area contributed by atoms with Crippen molar-refractivity contribution >= 4 is 21.8 Å². The van der Waals surface area contributed by atoms with E-state index in [1.165, 1.54) is 0 Å². The van der Waals surface area contributed by atoms with Gasteiger partial charge in [0.1, 0.15) is 0 Å². The maximum absolute atomic E-state index is 11.8. The van der Waals surface area contributed by atoms with Crippen molar-refractivity contribution in [3.63, 3.8) is 0 Å². The van der Waals surface area contributed by atoms with Crippen molar-refractivity contribution in [3.05, 3.63) is 70.2 Å². The van der Waals surface area contributed by atoms with Crippen LogP contribution in [0.1, 0.15) is 23.7 Å². The molecule has 2 aromatic rings. The minimum absolute atomic E-state index is 0.0549. The molecule has 110 valence electrons. The van der Waals surface area contributed by atoms with Gasteiger partial charge in [-0.15, -0.1) is 0 Å². The maximum Gasteiger partial charge on any atom is 0.220 e. The van der Waals surface area contributed by atoms with Crippen LogP contribution in [0.3, 0.4) is 0 Å². The molecule has 2 N–H and O–H groups in total. The molecular formula is C17H18BrNO2. The molecule has 3 nitrogen and oxygen atoms in total. The smallest absolute Gasteiger partial charge is 0.220 e. The number of aliphatic hydroxyl groups is 1. The average Bonchev–Trinajstić information content (AvgIpc) is 2.52. The number of carbonyl (C=O) groups is 1. The Labute approximate surface area is 133 Å². The molecule has 0 unspecified atom stereocenters. The number of rotatable bonds is 6. The fourth-order valence-corrected chi connectivity index (χ4v) is 2.52. The highest BCUT2D eigenvalue weighted by molar-refractivity contribution is 9.10. The number of nitrogens with one attached hydrogen (secondary N) is 1. The molecule has 0 aliphatic rings. The molecule has 0 heterocycles. The fraction of sp³-hybridized carbons (Fsp3) is 0.235. The van der Waals surface area contributed by atoms with E-state index in [4.69, 9.17) is 0 Å². The van der Waals surface area contributed by atoms with Crippen molar-refractivity contribution in [1.82, 2.24) is 5.32 Å². The van der Waals surface area contributed by atoms with Crippen molar-refractivity contribution in [3.8, 4) is 0 Å². The Bertz CT molecular complexity index is 586. The Hall–Kier alpha value is -1.65. The summed E-state index contributed by atoms with van der Waals surface area (Å²) >= 11 is 3.47. The van der Waals surface area contributed by atoms with Gasteiger partial charge in [0, 0.05) is 17.4 Å². The van der Waals surface area contributed by atoms with Gasteiger partial charge in [0.15, 0.2) is 0 Å². The summed E-state index contributed by atoms with van der Waals surface area (Å²) < 4.78 is 1.02. The number of aliphatic hydroxyl groups excluding tert-OH is 1. The first-order chi connectivity index (χ1) is 10.2. The molecule has 0 aliphatic carbocycles. The molecule has 1 amide bonds. The molecule has 0 saturated heterocycles. The Morgan fingerprint density at radius 2 is 1.76 bits per heavy atom. The van der Waals surface area contributed by atoms with E-state index in [1.54, 1.807) is 0 Å². The van der Waals surface area contributed by atoms with Crippen LogP contribution in [0.15, 0.2) is 59.1 Å². The zero-order valence-corrected chi connectivity index (χ0v) is 13.2. The summed E-state index contributed by atoms with van der Waals surface area (Å²) in [5.41, 5.74) is 1.92. The van der Waals surface area contributed by atoms with E-state index in [9.17, 15) is 9.90 Å². The summed E-state index contributed by atoms with van der Waals surface area (Å²) in [6.45, 7) is 0.235. The van der Waals surface area contributed by atoms with Gasteiger partial charge in [0.05, 0.1) is 6.10 Å². The van der Waals surface area contributed by atoms with Crippen LogP contribution in [0.5, 0.6) is 0 Å². The highest BCUT2D eigenvalue weighted by Gasteiger charge is 2.09. The van der Waals surface area contributed by atoms with E-state index in [2.05, 4.69) is 21.2 Å². The summed E-state index contributed by atoms with van der Waals surface area (Å²) in [6.07, 6.45) is 0.414. The van der Waals surface area contributed by atoms with E-state index >= 15 is 0 Å². The number of halogens is 1. The van der Waals surface area contributed by atoms with Gasteiger partial charge in [0.25, 0.3) is 0 Å².